The van der Waals surface area contributed by atoms with Crippen LogP contribution in [0.5, 0.6) is 0 Å². The Kier molecular flexibility index (Phi) is 12.7. The zero-order valence-electron chi connectivity index (χ0n) is 21.0. The lowest BCUT2D eigenvalue weighted by Gasteiger charge is -2.45. The van der Waals surface area contributed by atoms with Crippen molar-refractivity contribution in [3.05, 3.63) is 0 Å². The van der Waals surface area contributed by atoms with Crippen LogP contribution >= 0.6 is 0 Å². The third-order valence-corrected chi connectivity index (χ3v) is 6.97. The van der Waals surface area contributed by atoms with E-state index in [0.717, 1.165) is 19.3 Å². The van der Waals surface area contributed by atoms with E-state index in [-0.39, 0.29) is 0 Å². The quantitative estimate of drug-likeness (QED) is 0.0893. The zero-order chi connectivity index (χ0) is 26.1. The van der Waals surface area contributed by atoms with Gasteiger partial charge in [-0.25, -0.2) is 0 Å². The fourth-order valence-electron chi connectivity index (χ4n) is 4.65. The van der Waals surface area contributed by atoms with Gasteiger partial charge in [0.25, 0.3) is 6.29 Å². The summed E-state index contributed by atoms with van der Waals surface area (Å²) >= 11 is 0. The Morgan fingerprint density at radius 3 is 1.81 bits per heavy atom. The predicted octanol–water partition coefficient (Wildman–Crippen LogP) is -0.156. The van der Waals surface area contributed by atoms with E-state index in [1.165, 1.54) is 44.9 Å². The average Bonchev–Trinajstić information content (AvgIpc) is 3.72. The third-order valence-electron chi connectivity index (χ3n) is 6.97. The van der Waals surface area contributed by atoms with E-state index in [1.807, 2.05) is 0 Å². The van der Waals surface area contributed by atoms with Crippen LogP contribution in [0.15, 0.2) is 0 Å². The molecule has 0 aromatic carbocycles. The molecule has 0 aliphatic carbocycles. The maximum atomic E-state index is 10.7. The summed E-state index contributed by atoms with van der Waals surface area (Å²) in [4.78, 5) is 9.25. The molecule has 0 amide bonds. The van der Waals surface area contributed by atoms with Gasteiger partial charge in [0.05, 0.1) is 6.61 Å². The first-order chi connectivity index (χ1) is 17.4. The maximum absolute atomic E-state index is 10.7. The van der Waals surface area contributed by atoms with E-state index >= 15 is 0 Å². The largest absolute Gasteiger partial charge is 0.394 e. The molecule has 36 heavy (non-hydrogen) atoms. The molecule has 0 saturated carbocycles. The van der Waals surface area contributed by atoms with E-state index in [4.69, 9.17) is 18.9 Å². The highest BCUT2D eigenvalue weighted by Gasteiger charge is 2.55. The average molecular weight is 525 g/mol. The second-order valence-corrected chi connectivity index (χ2v) is 9.86. The Balaban J connectivity index is 1.39. The van der Waals surface area contributed by atoms with Crippen molar-refractivity contribution in [2.75, 3.05) is 13.2 Å². The zero-order valence-corrected chi connectivity index (χ0v) is 21.0. The fourth-order valence-corrected chi connectivity index (χ4v) is 4.65. The molecule has 10 atom stereocenters. The Hall–Kier alpha value is -0.480. The molecule has 12 nitrogen and oxygen atoms in total. The Bertz CT molecular complexity index is 606. The third kappa shape index (κ3) is 8.26. The molecule has 212 valence electrons. The lowest BCUT2D eigenvalue weighted by Crippen LogP contribution is -2.64. The van der Waals surface area contributed by atoms with Gasteiger partial charge in [-0.05, 0) is 6.42 Å². The topological polar surface area (TPSA) is 183 Å². The van der Waals surface area contributed by atoms with Gasteiger partial charge in [-0.3, -0.25) is 0 Å². The number of hydrogen-bond donors (Lipinski definition) is 6. The number of ether oxygens (including phenoxy) is 4. The lowest BCUT2D eigenvalue weighted by atomic mass is 9.97. The fraction of sp³-hybridized carbons (Fsp3) is 1.00. The standard InChI is InChI=1S/C24H44O12/c1-2-3-4-5-6-7-8-9-10-11-12-31-22-19(30)17(28)20(14(13-25)32-22)33-23-18(29)15(26)16(27)21(34-23)24-35-36-24/h14-30H,2-13H2,1H3/t14-,15+,16+,17-,18-,19-,20-,21+,22+,23+/m1/s1. The minimum Gasteiger partial charge on any atom is -0.394 e. The molecule has 3 rings (SSSR count). The Labute approximate surface area is 211 Å². The Morgan fingerprint density at radius 1 is 0.639 bits per heavy atom. The summed E-state index contributed by atoms with van der Waals surface area (Å²) in [6.45, 7) is 1.97. The van der Waals surface area contributed by atoms with E-state index in [1.54, 1.807) is 0 Å². The SMILES string of the molecule is CCCCCCCCCCCCO[C@H]1O[C@H](CO)[C@@H](O[C@H]2O[C@H](C3OO3)[C@@H](O)[C@H](O)[C@H]2O)[C@H](O)[C@H]1O. The number of unbranched alkanes of at least 4 members (excludes halogenated alkanes) is 9. The van der Waals surface area contributed by atoms with Gasteiger partial charge in [0.2, 0.25) is 0 Å². The molecule has 3 heterocycles. The second-order valence-electron chi connectivity index (χ2n) is 9.86. The molecule has 6 N–H and O–H groups in total. The highest BCUT2D eigenvalue weighted by molar-refractivity contribution is 4.95. The lowest BCUT2D eigenvalue weighted by molar-refractivity contribution is -0.359. The first-order valence-corrected chi connectivity index (χ1v) is 13.3. The van der Waals surface area contributed by atoms with Crippen LogP contribution in [0.25, 0.3) is 0 Å². The van der Waals surface area contributed by atoms with E-state index in [0.29, 0.717) is 6.61 Å². The predicted molar refractivity (Wildman–Crippen MR) is 123 cm³/mol. The smallest absolute Gasteiger partial charge is 0.253 e. The highest BCUT2D eigenvalue weighted by Crippen LogP contribution is 2.33. The first kappa shape index (κ1) is 30.1. The summed E-state index contributed by atoms with van der Waals surface area (Å²) in [5.74, 6) is 0. The van der Waals surface area contributed by atoms with Gasteiger partial charge in [0, 0.05) is 6.61 Å². The van der Waals surface area contributed by atoms with Gasteiger partial charge in [0.15, 0.2) is 12.6 Å². The summed E-state index contributed by atoms with van der Waals surface area (Å²) in [7, 11) is 0. The van der Waals surface area contributed by atoms with Crippen molar-refractivity contribution in [3.63, 3.8) is 0 Å². The van der Waals surface area contributed by atoms with E-state index in [2.05, 4.69) is 16.7 Å². The number of rotatable bonds is 16. The van der Waals surface area contributed by atoms with Crippen molar-refractivity contribution < 1.29 is 59.4 Å². The minimum absolute atomic E-state index is 0.326. The van der Waals surface area contributed by atoms with Gasteiger partial charge in [-0.1, -0.05) is 64.7 Å². The maximum Gasteiger partial charge on any atom is 0.253 e. The number of aliphatic hydroxyl groups is 6. The van der Waals surface area contributed by atoms with Crippen molar-refractivity contribution in [3.8, 4) is 0 Å². The van der Waals surface area contributed by atoms with Crippen LogP contribution < -0.4 is 0 Å². The van der Waals surface area contributed by atoms with Gasteiger partial charge < -0.3 is 49.6 Å². The van der Waals surface area contributed by atoms with Crippen LogP contribution in [0.3, 0.4) is 0 Å². The van der Waals surface area contributed by atoms with Gasteiger partial charge in [-0.2, -0.15) is 9.78 Å². The van der Waals surface area contributed by atoms with Crippen LogP contribution in [0.4, 0.5) is 0 Å². The number of aliphatic hydroxyl groups excluding tert-OH is 6. The molecule has 3 saturated heterocycles. The van der Waals surface area contributed by atoms with Crippen LogP contribution in [-0.4, -0.2) is 112 Å². The van der Waals surface area contributed by atoms with Crippen molar-refractivity contribution in [1.82, 2.24) is 0 Å². The van der Waals surface area contributed by atoms with Crippen LogP contribution in [0, 0.1) is 0 Å². The monoisotopic (exact) mass is 524 g/mol. The van der Waals surface area contributed by atoms with Crippen molar-refractivity contribution in [1.29, 1.82) is 0 Å². The molecule has 0 aromatic heterocycles. The van der Waals surface area contributed by atoms with E-state index in [9.17, 15) is 30.6 Å². The molecule has 0 aromatic rings. The molecule has 0 bridgehead atoms. The minimum atomic E-state index is -1.68. The normalized spacial score (nSPS) is 39.4. The molecule has 3 aliphatic heterocycles. The summed E-state index contributed by atoms with van der Waals surface area (Å²) in [6, 6.07) is 0. The molecular weight excluding hydrogens is 480 g/mol. The van der Waals surface area contributed by atoms with Crippen LogP contribution in [0.1, 0.15) is 71.1 Å². The van der Waals surface area contributed by atoms with Crippen LogP contribution in [-0.2, 0) is 28.7 Å². The molecule has 3 aliphatic rings. The first-order valence-electron chi connectivity index (χ1n) is 13.3. The summed E-state index contributed by atoms with van der Waals surface area (Å²) < 4.78 is 22.3. The van der Waals surface area contributed by atoms with Crippen LogP contribution in [0.2, 0.25) is 0 Å². The highest BCUT2D eigenvalue weighted by atomic mass is 17.4. The van der Waals surface area contributed by atoms with Crippen molar-refractivity contribution in [2.24, 2.45) is 0 Å². The molecule has 12 heteroatoms. The van der Waals surface area contributed by atoms with Gasteiger partial charge in [0.1, 0.15) is 48.8 Å². The molecule has 3 fully saturated rings. The molecule has 0 spiro atoms. The summed E-state index contributed by atoms with van der Waals surface area (Å²) in [5, 5.41) is 61.4. The van der Waals surface area contributed by atoms with Crippen molar-refractivity contribution >= 4 is 0 Å². The summed E-state index contributed by atoms with van der Waals surface area (Å²) in [5.41, 5.74) is 0. The second kappa shape index (κ2) is 15.2. The van der Waals surface area contributed by atoms with Crippen molar-refractivity contribution in [2.45, 2.75) is 139 Å². The van der Waals surface area contributed by atoms with Gasteiger partial charge >= 0.3 is 0 Å². The Morgan fingerprint density at radius 2 is 1.22 bits per heavy atom. The molecular formula is C24H44O12. The molecule has 0 unspecified atom stereocenters. The summed E-state index contributed by atoms with van der Waals surface area (Å²) in [6.07, 6.45) is -3.32. The van der Waals surface area contributed by atoms with Gasteiger partial charge in [-0.15, -0.1) is 0 Å². The molecule has 0 radical (unpaired) electrons. The van der Waals surface area contributed by atoms with E-state index < -0.39 is 74.3 Å². The number of hydrogen-bond acceptors (Lipinski definition) is 12.